The van der Waals surface area contributed by atoms with Gasteiger partial charge in [0.25, 0.3) is 0 Å². The predicted molar refractivity (Wildman–Crippen MR) is 104 cm³/mol. The van der Waals surface area contributed by atoms with Crippen LogP contribution in [0.5, 0.6) is 5.75 Å². The molecule has 6 nitrogen and oxygen atoms in total. The average molecular weight is 412 g/mol. The van der Waals surface area contributed by atoms with Gasteiger partial charge in [0.05, 0.1) is 12.2 Å². The second-order valence-corrected chi connectivity index (χ2v) is 6.21. The minimum absolute atomic E-state index is 0.0845. The third-order valence-corrected chi connectivity index (χ3v) is 4.21. The molecule has 3 aromatic rings. The predicted octanol–water partition coefficient (Wildman–Crippen LogP) is 4.45. The summed E-state index contributed by atoms with van der Waals surface area (Å²) >= 11 is 0. The maximum atomic E-state index is 13.6. The molecular formula is C22H18F2N2O4. The molecule has 0 unspecified atom stereocenters. The molecule has 0 N–H and O–H groups in total. The fourth-order valence-electron chi connectivity index (χ4n) is 2.92. The number of nitrogens with zero attached hydrogens (tertiary/aromatic N) is 2. The minimum atomic E-state index is -0.740. The fraction of sp³-hybridized carbons (Fsp3) is 0.182. The van der Waals surface area contributed by atoms with Gasteiger partial charge in [-0.3, -0.25) is 0 Å². The summed E-state index contributed by atoms with van der Waals surface area (Å²) < 4.78 is 44.3. The molecule has 30 heavy (non-hydrogen) atoms. The maximum Gasteiger partial charge on any atom is 0.341 e. The number of carbonyl (C=O) groups excluding carboxylic acids is 1. The second-order valence-electron chi connectivity index (χ2n) is 6.21. The normalized spacial score (nSPS) is 10.5. The maximum absolute atomic E-state index is 13.6. The molecule has 8 heteroatoms. The lowest BCUT2D eigenvalue weighted by Gasteiger charge is -2.12. The topological polar surface area (TPSA) is 73.5 Å². The summed E-state index contributed by atoms with van der Waals surface area (Å²) in [6.45, 7) is 1.82. The van der Waals surface area contributed by atoms with Crippen LogP contribution in [0, 0.1) is 23.0 Å². The molecule has 0 saturated carbocycles. The van der Waals surface area contributed by atoms with Crippen LogP contribution in [0.4, 0.5) is 8.78 Å². The van der Waals surface area contributed by atoms with Gasteiger partial charge in [-0.05, 0) is 36.8 Å². The first kappa shape index (κ1) is 21.0. The zero-order valence-electron chi connectivity index (χ0n) is 16.3. The van der Waals surface area contributed by atoms with Crippen molar-refractivity contribution in [2.75, 3.05) is 20.5 Å². The lowest BCUT2D eigenvalue weighted by molar-refractivity contribution is 0.0438. The fourth-order valence-corrected chi connectivity index (χ4v) is 2.92. The van der Waals surface area contributed by atoms with Crippen molar-refractivity contribution in [3.8, 4) is 28.6 Å². The molecule has 0 saturated heterocycles. The van der Waals surface area contributed by atoms with Crippen LogP contribution in [0.2, 0.25) is 0 Å². The van der Waals surface area contributed by atoms with Gasteiger partial charge in [-0.15, -0.1) is 0 Å². The lowest BCUT2D eigenvalue weighted by atomic mass is 10.1. The number of aromatic nitrogens is 1. The van der Waals surface area contributed by atoms with E-state index in [1.165, 1.54) is 19.4 Å². The molecule has 0 amide bonds. The van der Waals surface area contributed by atoms with E-state index in [-0.39, 0.29) is 35.8 Å². The minimum Gasteiger partial charge on any atom is -0.467 e. The van der Waals surface area contributed by atoms with Gasteiger partial charge in [-0.25, -0.2) is 13.6 Å². The van der Waals surface area contributed by atoms with E-state index in [9.17, 15) is 18.8 Å². The van der Waals surface area contributed by atoms with E-state index in [4.69, 9.17) is 14.2 Å². The Morgan fingerprint density at radius 2 is 1.87 bits per heavy atom. The number of ether oxygens (including phenoxy) is 3. The highest BCUT2D eigenvalue weighted by molar-refractivity contribution is 5.93. The highest BCUT2D eigenvalue weighted by atomic mass is 19.1. The van der Waals surface area contributed by atoms with Crippen molar-refractivity contribution in [3.05, 3.63) is 71.6 Å². The summed E-state index contributed by atoms with van der Waals surface area (Å²) in [6, 6.07) is 9.86. The van der Waals surface area contributed by atoms with Gasteiger partial charge in [0.2, 0.25) is 0 Å². The number of benzene rings is 2. The molecule has 154 valence electrons. The van der Waals surface area contributed by atoms with Crippen LogP contribution in [0.25, 0.3) is 16.8 Å². The number of carbonyl (C=O) groups is 1. The molecule has 0 bridgehead atoms. The molecule has 2 aromatic carbocycles. The number of halogens is 2. The van der Waals surface area contributed by atoms with Crippen LogP contribution in [-0.4, -0.2) is 31.0 Å². The van der Waals surface area contributed by atoms with Crippen molar-refractivity contribution < 1.29 is 27.8 Å². The van der Waals surface area contributed by atoms with Crippen LogP contribution in [-0.2, 0) is 9.47 Å². The molecule has 0 aliphatic rings. The molecule has 0 radical (unpaired) electrons. The number of hydrogen-bond donors (Lipinski definition) is 0. The summed E-state index contributed by atoms with van der Waals surface area (Å²) in [5.41, 5.74) is 1.62. The van der Waals surface area contributed by atoms with Crippen molar-refractivity contribution in [2.45, 2.75) is 6.92 Å². The molecule has 0 aliphatic heterocycles. The number of methoxy groups -OCH3 is 1. The Morgan fingerprint density at radius 1 is 1.13 bits per heavy atom. The first-order chi connectivity index (χ1) is 14.5. The Bertz CT molecular complexity index is 1100. The van der Waals surface area contributed by atoms with Crippen LogP contribution in [0.15, 0.2) is 48.8 Å². The monoisotopic (exact) mass is 412 g/mol. The zero-order valence-corrected chi connectivity index (χ0v) is 16.3. The quantitative estimate of drug-likeness (QED) is 0.423. The molecule has 0 atom stereocenters. The molecule has 1 heterocycles. The van der Waals surface area contributed by atoms with E-state index in [1.807, 2.05) is 6.07 Å². The first-order valence-electron chi connectivity index (χ1n) is 8.98. The summed E-state index contributed by atoms with van der Waals surface area (Å²) in [7, 11) is 1.45. The highest BCUT2D eigenvalue weighted by Gasteiger charge is 2.17. The van der Waals surface area contributed by atoms with Crippen molar-refractivity contribution in [1.29, 1.82) is 5.26 Å². The number of esters is 1. The van der Waals surface area contributed by atoms with Crippen LogP contribution in [0.1, 0.15) is 22.8 Å². The SMILES string of the molecule is CCOC(=O)c1ccc(-n2cc(C#N)c(-c3cc(F)cc(F)c3)c2)cc1OCOC. The largest absolute Gasteiger partial charge is 0.467 e. The second kappa shape index (κ2) is 9.20. The van der Waals surface area contributed by atoms with Gasteiger partial charge in [0.1, 0.15) is 29.0 Å². The molecule has 0 aliphatic carbocycles. The number of rotatable bonds is 7. The Balaban J connectivity index is 2.06. The summed E-state index contributed by atoms with van der Waals surface area (Å²) in [5, 5.41) is 9.47. The lowest BCUT2D eigenvalue weighted by Crippen LogP contribution is -2.10. The number of hydrogen-bond acceptors (Lipinski definition) is 5. The van der Waals surface area contributed by atoms with Gasteiger partial charge in [0.15, 0.2) is 6.79 Å². The van der Waals surface area contributed by atoms with E-state index in [0.29, 0.717) is 11.3 Å². The van der Waals surface area contributed by atoms with Gasteiger partial charge in [0, 0.05) is 42.9 Å². The Labute approximate surface area is 171 Å². The van der Waals surface area contributed by atoms with E-state index >= 15 is 0 Å². The molecule has 0 fully saturated rings. The Kier molecular flexibility index (Phi) is 6.45. The van der Waals surface area contributed by atoms with Gasteiger partial charge in [-0.1, -0.05) is 0 Å². The summed E-state index contributed by atoms with van der Waals surface area (Å²) in [5.74, 6) is -1.79. The third kappa shape index (κ3) is 4.47. The van der Waals surface area contributed by atoms with E-state index in [2.05, 4.69) is 0 Å². The Morgan fingerprint density at radius 3 is 2.50 bits per heavy atom. The van der Waals surface area contributed by atoms with Crippen molar-refractivity contribution >= 4 is 5.97 Å². The van der Waals surface area contributed by atoms with Crippen molar-refractivity contribution in [2.24, 2.45) is 0 Å². The first-order valence-corrected chi connectivity index (χ1v) is 8.98. The van der Waals surface area contributed by atoms with Gasteiger partial charge >= 0.3 is 5.97 Å². The molecule has 0 spiro atoms. The summed E-state index contributed by atoms with van der Waals surface area (Å²) in [4.78, 5) is 12.2. The summed E-state index contributed by atoms with van der Waals surface area (Å²) in [6.07, 6.45) is 3.10. The van der Waals surface area contributed by atoms with Crippen molar-refractivity contribution in [3.63, 3.8) is 0 Å². The van der Waals surface area contributed by atoms with E-state index in [0.717, 1.165) is 18.2 Å². The standard InChI is InChI=1S/C22H18F2N2O4/c1-3-29-22(27)19-5-4-18(9-21(19)30-13-28-2)26-11-15(10-25)20(12-26)14-6-16(23)8-17(24)7-14/h4-9,11-12H,3,13H2,1-2H3. The molecule has 3 rings (SSSR count). The Hall–Kier alpha value is -3.70. The smallest absolute Gasteiger partial charge is 0.341 e. The average Bonchev–Trinajstić information content (AvgIpc) is 3.16. The zero-order chi connectivity index (χ0) is 21.7. The van der Waals surface area contributed by atoms with Crippen LogP contribution < -0.4 is 4.74 Å². The van der Waals surface area contributed by atoms with Crippen LogP contribution >= 0.6 is 0 Å². The van der Waals surface area contributed by atoms with Gasteiger partial charge < -0.3 is 18.8 Å². The highest BCUT2D eigenvalue weighted by Crippen LogP contribution is 2.30. The van der Waals surface area contributed by atoms with E-state index in [1.54, 1.807) is 29.8 Å². The number of nitriles is 1. The molecular weight excluding hydrogens is 394 g/mol. The third-order valence-electron chi connectivity index (χ3n) is 4.21. The van der Waals surface area contributed by atoms with Gasteiger partial charge in [-0.2, -0.15) is 5.26 Å². The molecule has 1 aromatic heterocycles. The van der Waals surface area contributed by atoms with Crippen LogP contribution in [0.3, 0.4) is 0 Å². The van der Waals surface area contributed by atoms with E-state index < -0.39 is 17.6 Å². The van der Waals surface area contributed by atoms with Crippen molar-refractivity contribution in [1.82, 2.24) is 4.57 Å².